The fourth-order valence-electron chi connectivity index (χ4n) is 3.30. The minimum Gasteiger partial charge on any atom is -0.463 e. The number of carbonyl (C=O) groups excluding carboxylic acids is 1. The SMILES string of the molecule is CCOC(=O)C1=C(C)N(Cc2ccccc2)C(=S)N[C@H]1c1ccc(OC(F)F)cc1. The number of hydrogen-bond acceptors (Lipinski definition) is 4. The van der Waals surface area contributed by atoms with Crippen LogP contribution in [-0.2, 0) is 16.1 Å². The minimum absolute atomic E-state index is 0.0382. The molecule has 0 fully saturated rings. The fourth-order valence-corrected chi connectivity index (χ4v) is 3.62. The van der Waals surface area contributed by atoms with Crippen LogP contribution in [0.3, 0.4) is 0 Å². The number of allylic oxidation sites excluding steroid dienone is 1. The van der Waals surface area contributed by atoms with Crippen LogP contribution in [0.25, 0.3) is 0 Å². The summed E-state index contributed by atoms with van der Waals surface area (Å²) in [6, 6.07) is 15.3. The van der Waals surface area contributed by atoms with E-state index in [1.54, 1.807) is 19.1 Å². The summed E-state index contributed by atoms with van der Waals surface area (Å²) in [6.07, 6.45) is 0. The first kappa shape index (κ1) is 21.7. The molecule has 1 N–H and O–H groups in total. The van der Waals surface area contributed by atoms with Gasteiger partial charge in [-0.05, 0) is 49.3 Å². The van der Waals surface area contributed by atoms with E-state index in [4.69, 9.17) is 17.0 Å². The number of alkyl halides is 2. The number of nitrogens with zero attached hydrogens (tertiary/aromatic N) is 1. The van der Waals surface area contributed by atoms with Crippen LogP contribution < -0.4 is 10.1 Å². The zero-order valence-corrected chi connectivity index (χ0v) is 17.4. The van der Waals surface area contributed by atoms with E-state index in [9.17, 15) is 13.6 Å². The molecule has 5 nitrogen and oxygen atoms in total. The molecule has 0 radical (unpaired) electrons. The standard InChI is InChI=1S/C22H22F2N2O3S/c1-3-28-20(27)18-14(2)26(13-15-7-5-4-6-8-15)22(30)25-19(18)16-9-11-17(12-10-16)29-21(23)24/h4-12,19,21H,3,13H2,1-2H3,(H,25,30)/t19-/m0/s1. The van der Waals surface area contributed by atoms with Crippen LogP contribution in [0.4, 0.5) is 8.78 Å². The second kappa shape index (κ2) is 9.67. The largest absolute Gasteiger partial charge is 0.463 e. The van der Waals surface area contributed by atoms with Gasteiger partial charge in [0.2, 0.25) is 0 Å². The molecule has 2 aromatic rings. The maximum Gasteiger partial charge on any atom is 0.387 e. The average molecular weight is 432 g/mol. The lowest BCUT2D eigenvalue weighted by Gasteiger charge is -2.37. The Morgan fingerprint density at radius 2 is 1.83 bits per heavy atom. The van der Waals surface area contributed by atoms with Gasteiger partial charge in [0.15, 0.2) is 5.11 Å². The van der Waals surface area contributed by atoms with Gasteiger partial charge >= 0.3 is 12.6 Å². The molecule has 0 bridgehead atoms. The van der Waals surface area contributed by atoms with E-state index in [-0.39, 0.29) is 12.4 Å². The van der Waals surface area contributed by atoms with Gasteiger partial charge < -0.3 is 19.7 Å². The molecule has 1 aliphatic heterocycles. The van der Waals surface area contributed by atoms with E-state index in [0.717, 1.165) is 5.56 Å². The molecule has 0 spiro atoms. The molecule has 2 aromatic carbocycles. The van der Waals surface area contributed by atoms with Crippen molar-refractivity contribution in [2.45, 2.75) is 33.0 Å². The smallest absolute Gasteiger partial charge is 0.387 e. The van der Waals surface area contributed by atoms with E-state index in [1.807, 2.05) is 42.2 Å². The van der Waals surface area contributed by atoms with Gasteiger partial charge in [-0.25, -0.2) is 4.79 Å². The monoisotopic (exact) mass is 432 g/mol. The van der Waals surface area contributed by atoms with Gasteiger partial charge in [0, 0.05) is 12.2 Å². The Labute approximate surface area is 179 Å². The predicted molar refractivity (Wildman–Crippen MR) is 113 cm³/mol. The molecule has 1 aliphatic rings. The average Bonchev–Trinajstić information content (AvgIpc) is 2.72. The Morgan fingerprint density at radius 1 is 1.17 bits per heavy atom. The summed E-state index contributed by atoms with van der Waals surface area (Å²) in [5.74, 6) is -0.419. The zero-order valence-electron chi connectivity index (χ0n) is 16.6. The van der Waals surface area contributed by atoms with Gasteiger partial charge in [0.05, 0.1) is 18.2 Å². The lowest BCUT2D eigenvalue weighted by molar-refractivity contribution is -0.139. The summed E-state index contributed by atoms with van der Waals surface area (Å²) in [4.78, 5) is 14.6. The molecule has 30 heavy (non-hydrogen) atoms. The van der Waals surface area contributed by atoms with Crippen LogP contribution in [0, 0.1) is 0 Å². The number of carbonyl (C=O) groups is 1. The highest BCUT2D eigenvalue weighted by Crippen LogP contribution is 2.33. The maximum atomic E-state index is 12.8. The topological polar surface area (TPSA) is 50.8 Å². The Balaban J connectivity index is 1.96. The summed E-state index contributed by atoms with van der Waals surface area (Å²) in [6.45, 7) is 1.38. The third-order valence-corrected chi connectivity index (χ3v) is 5.05. The molecule has 0 unspecified atom stereocenters. The second-order valence-electron chi connectivity index (χ2n) is 6.62. The first-order valence-corrected chi connectivity index (χ1v) is 9.86. The highest BCUT2D eigenvalue weighted by molar-refractivity contribution is 7.80. The fraction of sp³-hybridized carbons (Fsp3) is 0.273. The van der Waals surface area contributed by atoms with E-state index >= 15 is 0 Å². The number of benzene rings is 2. The summed E-state index contributed by atoms with van der Waals surface area (Å²) in [7, 11) is 0. The molecule has 1 atom stereocenters. The molecule has 0 aliphatic carbocycles. The molecule has 8 heteroatoms. The highest BCUT2D eigenvalue weighted by atomic mass is 32.1. The van der Waals surface area contributed by atoms with Crippen molar-refractivity contribution in [3.8, 4) is 5.75 Å². The molecular formula is C22H22F2N2O3S. The van der Waals surface area contributed by atoms with Crippen LogP contribution >= 0.6 is 12.2 Å². The zero-order chi connectivity index (χ0) is 21.7. The third kappa shape index (κ3) is 4.94. The molecule has 158 valence electrons. The van der Waals surface area contributed by atoms with E-state index in [1.165, 1.54) is 12.1 Å². The molecule has 0 aromatic heterocycles. The number of nitrogens with one attached hydrogen (secondary N) is 1. The first-order valence-electron chi connectivity index (χ1n) is 9.45. The van der Waals surface area contributed by atoms with Gasteiger partial charge in [-0.2, -0.15) is 8.78 Å². The van der Waals surface area contributed by atoms with Crippen molar-refractivity contribution in [1.82, 2.24) is 10.2 Å². The lowest BCUT2D eigenvalue weighted by atomic mass is 9.94. The Morgan fingerprint density at radius 3 is 2.43 bits per heavy atom. The molecule has 3 rings (SSSR count). The number of hydrogen-bond donors (Lipinski definition) is 1. The summed E-state index contributed by atoms with van der Waals surface area (Å²) in [5.41, 5.74) is 2.82. The number of esters is 1. The lowest BCUT2D eigenvalue weighted by Crippen LogP contribution is -2.47. The van der Waals surface area contributed by atoms with Crippen LogP contribution in [0.2, 0.25) is 0 Å². The summed E-state index contributed by atoms with van der Waals surface area (Å²) >= 11 is 5.57. The van der Waals surface area contributed by atoms with Crippen molar-refractivity contribution in [3.63, 3.8) is 0 Å². The van der Waals surface area contributed by atoms with Crippen LogP contribution in [0.5, 0.6) is 5.75 Å². The Hall–Kier alpha value is -3.00. The summed E-state index contributed by atoms with van der Waals surface area (Å²) in [5, 5.41) is 3.65. The van der Waals surface area contributed by atoms with Crippen LogP contribution in [0.15, 0.2) is 65.9 Å². The quantitative estimate of drug-likeness (QED) is 0.512. The van der Waals surface area contributed by atoms with Crippen molar-refractivity contribution >= 4 is 23.3 Å². The van der Waals surface area contributed by atoms with Gasteiger partial charge in [-0.1, -0.05) is 42.5 Å². The van der Waals surface area contributed by atoms with Gasteiger partial charge in [0.1, 0.15) is 5.75 Å². The predicted octanol–water partition coefficient (Wildman–Crippen LogP) is 4.56. The van der Waals surface area contributed by atoms with Crippen LogP contribution in [-0.4, -0.2) is 29.2 Å². The van der Waals surface area contributed by atoms with Crippen molar-refractivity contribution in [2.75, 3.05) is 6.61 Å². The minimum atomic E-state index is -2.90. The Bertz CT molecular complexity index is 933. The van der Waals surface area contributed by atoms with E-state index in [0.29, 0.717) is 28.5 Å². The van der Waals surface area contributed by atoms with Gasteiger partial charge in [-0.3, -0.25) is 0 Å². The van der Waals surface area contributed by atoms with Gasteiger partial charge in [-0.15, -0.1) is 0 Å². The highest BCUT2D eigenvalue weighted by Gasteiger charge is 2.34. The van der Waals surface area contributed by atoms with E-state index < -0.39 is 18.6 Å². The normalized spacial score (nSPS) is 16.5. The molecule has 1 heterocycles. The van der Waals surface area contributed by atoms with Crippen molar-refractivity contribution in [2.24, 2.45) is 0 Å². The van der Waals surface area contributed by atoms with Gasteiger partial charge in [0.25, 0.3) is 0 Å². The molecule has 0 saturated carbocycles. The Kier molecular flexibility index (Phi) is 6.99. The van der Waals surface area contributed by atoms with Crippen molar-refractivity contribution < 1.29 is 23.0 Å². The van der Waals surface area contributed by atoms with Crippen molar-refractivity contribution in [1.29, 1.82) is 0 Å². The number of thiocarbonyl (C=S) groups is 1. The number of halogens is 2. The third-order valence-electron chi connectivity index (χ3n) is 4.71. The summed E-state index contributed by atoms with van der Waals surface area (Å²) < 4.78 is 34.5. The first-order chi connectivity index (χ1) is 14.4. The van der Waals surface area contributed by atoms with Crippen LogP contribution in [0.1, 0.15) is 31.0 Å². The maximum absolute atomic E-state index is 12.8. The number of rotatable bonds is 7. The molecule has 0 amide bonds. The molecule has 0 saturated heterocycles. The second-order valence-corrected chi connectivity index (χ2v) is 7.01. The molecular weight excluding hydrogens is 410 g/mol. The van der Waals surface area contributed by atoms with Crippen molar-refractivity contribution in [3.05, 3.63) is 77.0 Å². The van der Waals surface area contributed by atoms with E-state index in [2.05, 4.69) is 10.1 Å². The number of ether oxygens (including phenoxy) is 2.